The van der Waals surface area contributed by atoms with Crippen LogP contribution in [0.25, 0.3) is 10.9 Å². The standard InChI is InChI=1S/C13H14FN3O/c1-17(8-12(15)18)7-10-6-11(14)5-9-3-2-4-16-13(9)10/h2-6H,7-8H2,1H3,(H2,15,18). The van der Waals surface area contributed by atoms with Crippen molar-refractivity contribution >= 4 is 16.8 Å². The summed E-state index contributed by atoms with van der Waals surface area (Å²) in [7, 11) is 1.75. The summed E-state index contributed by atoms with van der Waals surface area (Å²) in [6.07, 6.45) is 1.66. The molecule has 0 aliphatic rings. The fourth-order valence-corrected chi connectivity index (χ4v) is 1.96. The Morgan fingerprint density at radius 1 is 1.50 bits per heavy atom. The van der Waals surface area contributed by atoms with Gasteiger partial charge in [0, 0.05) is 18.1 Å². The van der Waals surface area contributed by atoms with E-state index < -0.39 is 5.91 Å². The van der Waals surface area contributed by atoms with Gasteiger partial charge in [-0.15, -0.1) is 0 Å². The Morgan fingerprint density at radius 2 is 2.28 bits per heavy atom. The molecule has 0 unspecified atom stereocenters. The molecule has 2 rings (SSSR count). The van der Waals surface area contributed by atoms with Gasteiger partial charge in [-0.2, -0.15) is 0 Å². The molecule has 0 bridgehead atoms. The number of likely N-dealkylation sites (N-methyl/N-ethyl adjacent to an activating group) is 1. The maximum absolute atomic E-state index is 13.5. The van der Waals surface area contributed by atoms with Crippen LogP contribution in [0.2, 0.25) is 0 Å². The summed E-state index contributed by atoms with van der Waals surface area (Å²) in [6.45, 7) is 0.555. The molecule has 18 heavy (non-hydrogen) atoms. The average molecular weight is 247 g/mol. The fraction of sp³-hybridized carbons (Fsp3) is 0.231. The Hall–Kier alpha value is -2.01. The van der Waals surface area contributed by atoms with Gasteiger partial charge in [-0.1, -0.05) is 6.07 Å². The molecular weight excluding hydrogens is 233 g/mol. The number of halogens is 1. The minimum atomic E-state index is -0.411. The van der Waals surface area contributed by atoms with Crippen LogP contribution >= 0.6 is 0 Å². The Kier molecular flexibility index (Phi) is 3.53. The highest BCUT2D eigenvalue weighted by Gasteiger charge is 2.09. The number of benzene rings is 1. The van der Waals surface area contributed by atoms with Crippen LogP contribution in [-0.2, 0) is 11.3 Å². The first-order valence-corrected chi connectivity index (χ1v) is 5.56. The van der Waals surface area contributed by atoms with E-state index in [1.807, 2.05) is 6.07 Å². The van der Waals surface area contributed by atoms with E-state index in [4.69, 9.17) is 5.73 Å². The molecule has 0 fully saturated rings. The van der Waals surface area contributed by atoms with Crippen molar-refractivity contribution < 1.29 is 9.18 Å². The van der Waals surface area contributed by atoms with Crippen molar-refractivity contribution in [2.75, 3.05) is 13.6 Å². The minimum absolute atomic E-state index is 0.130. The smallest absolute Gasteiger partial charge is 0.231 e. The Balaban J connectivity index is 2.35. The Morgan fingerprint density at radius 3 is 3.00 bits per heavy atom. The molecule has 0 aliphatic carbocycles. The third-order valence-corrected chi connectivity index (χ3v) is 2.61. The topological polar surface area (TPSA) is 59.2 Å². The normalized spacial score (nSPS) is 11.1. The van der Waals surface area contributed by atoms with Gasteiger partial charge in [0.25, 0.3) is 0 Å². The summed E-state index contributed by atoms with van der Waals surface area (Å²) in [5.41, 5.74) is 6.61. The largest absolute Gasteiger partial charge is 0.369 e. The van der Waals surface area contributed by atoms with Crippen molar-refractivity contribution in [2.24, 2.45) is 5.73 Å². The van der Waals surface area contributed by atoms with Crippen molar-refractivity contribution in [3.05, 3.63) is 41.8 Å². The SMILES string of the molecule is CN(CC(N)=O)Cc1cc(F)cc2cccnc12. The molecule has 94 valence electrons. The first-order valence-electron chi connectivity index (χ1n) is 5.56. The summed E-state index contributed by atoms with van der Waals surface area (Å²) < 4.78 is 13.5. The second-order valence-corrected chi connectivity index (χ2v) is 4.28. The molecule has 1 aromatic heterocycles. The van der Waals surface area contributed by atoms with Gasteiger partial charge in [0.05, 0.1) is 12.1 Å². The van der Waals surface area contributed by atoms with Crippen LogP contribution in [0.1, 0.15) is 5.56 Å². The molecule has 0 spiro atoms. The summed E-state index contributed by atoms with van der Waals surface area (Å²) in [5, 5.41) is 0.750. The van der Waals surface area contributed by atoms with E-state index in [1.54, 1.807) is 24.2 Å². The van der Waals surface area contributed by atoms with Crippen molar-refractivity contribution in [2.45, 2.75) is 6.54 Å². The summed E-state index contributed by atoms with van der Waals surface area (Å²) in [5.74, 6) is -0.718. The molecule has 1 amide bonds. The molecule has 4 nitrogen and oxygen atoms in total. The van der Waals surface area contributed by atoms with Crippen LogP contribution in [0, 0.1) is 5.82 Å². The van der Waals surface area contributed by atoms with Gasteiger partial charge in [0.2, 0.25) is 5.91 Å². The monoisotopic (exact) mass is 247 g/mol. The van der Waals surface area contributed by atoms with E-state index in [0.29, 0.717) is 6.54 Å². The van der Waals surface area contributed by atoms with Gasteiger partial charge in [-0.05, 0) is 30.8 Å². The summed E-state index contributed by atoms with van der Waals surface area (Å²) in [6, 6.07) is 6.45. The number of aromatic nitrogens is 1. The molecule has 0 radical (unpaired) electrons. The van der Waals surface area contributed by atoms with E-state index in [-0.39, 0.29) is 12.4 Å². The summed E-state index contributed by atoms with van der Waals surface area (Å²) >= 11 is 0. The second kappa shape index (κ2) is 5.10. The number of nitrogens with two attached hydrogens (primary N) is 1. The molecule has 2 aromatic rings. The number of carbonyl (C=O) groups excluding carboxylic acids is 1. The first-order chi connectivity index (χ1) is 8.56. The highest BCUT2D eigenvalue weighted by Crippen LogP contribution is 2.19. The van der Waals surface area contributed by atoms with Crippen LogP contribution in [0.4, 0.5) is 4.39 Å². The van der Waals surface area contributed by atoms with Crippen molar-refractivity contribution in [3.8, 4) is 0 Å². The van der Waals surface area contributed by atoms with E-state index in [2.05, 4.69) is 4.98 Å². The molecule has 0 atom stereocenters. The maximum Gasteiger partial charge on any atom is 0.231 e. The number of hydrogen-bond acceptors (Lipinski definition) is 3. The third-order valence-electron chi connectivity index (χ3n) is 2.61. The number of hydrogen-bond donors (Lipinski definition) is 1. The molecule has 0 saturated carbocycles. The van der Waals surface area contributed by atoms with Gasteiger partial charge < -0.3 is 5.73 Å². The molecule has 2 N–H and O–H groups in total. The quantitative estimate of drug-likeness (QED) is 0.885. The van der Waals surface area contributed by atoms with Gasteiger partial charge in [0.1, 0.15) is 5.82 Å². The number of nitrogens with zero attached hydrogens (tertiary/aromatic N) is 2. The molecular formula is C13H14FN3O. The summed E-state index contributed by atoms with van der Waals surface area (Å²) in [4.78, 5) is 16.8. The first kappa shape index (κ1) is 12.4. The molecule has 1 heterocycles. The van der Waals surface area contributed by atoms with E-state index in [9.17, 15) is 9.18 Å². The van der Waals surface area contributed by atoms with E-state index in [1.165, 1.54) is 12.1 Å². The Bertz CT molecular complexity index is 585. The van der Waals surface area contributed by atoms with Crippen molar-refractivity contribution in [1.29, 1.82) is 0 Å². The third kappa shape index (κ3) is 2.81. The number of amides is 1. The zero-order valence-electron chi connectivity index (χ0n) is 10.1. The maximum atomic E-state index is 13.5. The molecule has 1 aromatic carbocycles. The highest BCUT2D eigenvalue weighted by atomic mass is 19.1. The highest BCUT2D eigenvalue weighted by molar-refractivity contribution is 5.81. The van der Waals surface area contributed by atoms with Crippen LogP contribution in [0.3, 0.4) is 0 Å². The number of rotatable bonds is 4. The molecule has 0 saturated heterocycles. The lowest BCUT2D eigenvalue weighted by atomic mass is 10.1. The second-order valence-electron chi connectivity index (χ2n) is 4.28. The van der Waals surface area contributed by atoms with Gasteiger partial charge >= 0.3 is 0 Å². The van der Waals surface area contributed by atoms with E-state index in [0.717, 1.165) is 16.5 Å². The van der Waals surface area contributed by atoms with Crippen LogP contribution in [0.15, 0.2) is 30.5 Å². The molecule has 5 heteroatoms. The zero-order valence-corrected chi connectivity index (χ0v) is 10.1. The lowest BCUT2D eigenvalue weighted by Gasteiger charge is -2.15. The fourth-order valence-electron chi connectivity index (χ4n) is 1.96. The Labute approximate surface area is 104 Å². The van der Waals surface area contributed by atoms with Crippen LogP contribution in [-0.4, -0.2) is 29.4 Å². The number of primary amides is 1. The van der Waals surface area contributed by atoms with Crippen molar-refractivity contribution in [1.82, 2.24) is 9.88 Å². The predicted octanol–water partition coefficient (Wildman–Crippen LogP) is 1.29. The minimum Gasteiger partial charge on any atom is -0.369 e. The average Bonchev–Trinajstić information content (AvgIpc) is 2.27. The number of carbonyl (C=O) groups is 1. The van der Waals surface area contributed by atoms with Gasteiger partial charge in [-0.3, -0.25) is 14.7 Å². The van der Waals surface area contributed by atoms with E-state index >= 15 is 0 Å². The predicted molar refractivity (Wildman–Crippen MR) is 67.2 cm³/mol. The van der Waals surface area contributed by atoms with Gasteiger partial charge in [-0.25, -0.2) is 4.39 Å². The number of pyridine rings is 1. The van der Waals surface area contributed by atoms with Crippen molar-refractivity contribution in [3.63, 3.8) is 0 Å². The van der Waals surface area contributed by atoms with Crippen LogP contribution < -0.4 is 5.73 Å². The zero-order chi connectivity index (χ0) is 13.1. The lowest BCUT2D eigenvalue weighted by molar-refractivity contribution is -0.118. The van der Waals surface area contributed by atoms with Gasteiger partial charge in [0.15, 0.2) is 0 Å². The molecule has 0 aliphatic heterocycles. The number of fused-ring (bicyclic) bond motifs is 1. The van der Waals surface area contributed by atoms with Crippen LogP contribution in [0.5, 0.6) is 0 Å². The lowest BCUT2D eigenvalue weighted by Crippen LogP contribution is -2.30.